The molecule has 1 N–H and O–H groups in total. The molecule has 2 heteroatoms. The van der Waals surface area contributed by atoms with E-state index in [9.17, 15) is 5.11 Å². The Morgan fingerprint density at radius 2 is 2.19 bits per heavy atom. The molecule has 88 valence electrons. The SMILES string of the molecule is CCCC(O)CCC1Cc2ccccc2O1. The van der Waals surface area contributed by atoms with Gasteiger partial charge in [0.05, 0.1) is 6.10 Å². The standard InChI is InChI=1S/C14H20O2/c1-2-5-12(15)8-9-13-10-11-6-3-4-7-14(11)16-13/h3-4,6-7,12-13,15H,2,5,8-10H2,1H3. The molecule has 1 heterocycles. The van der Waals surface area contributed by atoms with Crippen molar-refractivity contribution in [3.63, 3.8) is 0 Å². The van der Waals surface area contributed by atoms with E-state index in [1.54, 1.807) is 0 Å². The molecule has 0 fully saturated rings. The zero-order valence-electron chi connectivity index (χ0n) is 9.86. The number of hydrogen-bond acceptors (Lipinski definition) is 2. The number of ether oxygens (including phenoxy) is 1. The summed E-state index contributed by atoms with van der Waals surface area (Å²) in [6.07, 6.45) is 4.87. The molecule has 0 bridgehead atoms. The van der Waals surface area contributed by atoms with Crippen LogP contribution in [0.4, 0.5) is 0 Å². The molecule has 1 aromatic carbocycles. The van der Waals surface area contributed by atoms with Crippen molar-refractivity contribution < 1.29 is 9.84 Å². The van der Waals surface area contributed by atoms with Gasteiger partial charge in [0.25, 0.3) is 0 Å². The summed E-state index contributed by atoms with van der Waals surface area (Å²) in [5.41, 5.74) is 1.30. The average Bonchev–Trinajstić information content (AvgIpc) is 2.69. The molecular weight excluding hydrogens is 200 g/mol. The van der Waals surface area contributed by atoms with Gasteiger partial charge in [0.1, 0.15) is 11.9 Å². The summed E-state index contributed by atoms with van der Waals surface area (Å²) in [6.45, 7) is 2.10. The first-order chi connectivity index (χ1) is 7.79. The van der Waals surface area contributed by atoms with Crippen LogP contribution in [0.2, 0.25) is 0 Å². The van der Waals surface area contributed by atoms with Gasteiger partial charge >= 0.3 is 0 Å². The van der Waals surface area contributed by atoms with Crippen molar-refractivity contribution in [2.45, 2.75) is 51.2 Å². The van der Waals surface area contributed by atoms with Crippen molar-refractivity contribution in [3.05, 3.63) is 29.8 Å². The fraction of sp³-hybridized carbons (Fsp3) is 0.571. The zero-order valence-corrected chi connectivity index (χ0v) is 9.86. The summed E-state index contributed by atoms with van der Waals surface area (Å²) in [6, 6.07) is 8.21. The molecule has 2 unspecified atom stereocenters. The smallest absolute Gasteiger partial charge is 0.123 e. The van der Waals surface area contributed by atoms with Crippen LogP contribution in [0.1, 0.15) is 38.2 Å². The second kappa shape index (κ2) is 5.35. The van der Waals surface area contributed by atoms with Crippen LogP contribution < -0.4 is 4.74 Å². The minimum Gasteiger partial charge on any atom is -0.490 e. The maximum absolute atomic E-state index is 9.67. The van der Waals surface area contributed by atoms with E-state index in [1.165, 1.54) is 5.56 Å². The molecular formula is C14H20O2. The van der Waals surface area contributed by atoms with Gasteiger partial charge in [-0.1, -0.05) is 31.5 Å². The van der Waals surface area contributed by atoms with Gasteiger partial charge in [0.2, 0.25) is 0 Å². The second-order valence-corrected chi connectivity index (χ2v) is 4.57. The summed E-state index contributed by atoms with van der Waals surface area (Å²) < 4.78 is 5.82. The Kier molecular flexibility index (Phi) is 3.83. The molecule has 0 radical (unpaired) electrons. The van der Waals surface area contributed by atoms with Crippen LogP contribution in [0.15, 0.2) is 24.3 Å². The van der Waals surface area contributed by atoms with Crippen LogP contribution in [0.25, 0.3) is 0 Å². The second-order valence-electron chi connectivity index (χ2n) is 4.57. The van der Waals surface area contributed by atoms with E-state index in [4.69, 9.17) is 4.74 Å². The normalized spacial score (nSPS) is 20.2. The van der Waals surface area contributed by atoms with Gasteiger partial charge in [-0.25, -0.2) is 0 Å². The van der Waals surface area contributed by atoms with E-state index in [-0.39, 0.29) is 12.2 Å². The van der Waals surface area contributed by atoms with Gasteiger partial charge in [-0.15, -0.1) is 0 Å². The summed E-state index contributed by atoms with van der Waals surface area (Å²) >= 11 is 0. The fourth-order valence-electron chi connectivity index (χ4n) is 2.27. The lowest BCUT2D eigenvalue weighted by molar-refractivity contribution is 0.126. The molecule has 1 aliphatic heterocycles. The highest BCUT2D eigenvalue weighted by Crippen LogP contribution is 2.30. The van der Waals surface area contributed by atoms with Crippen LogP contribution in [-0.2, 0) is 6.42 Å². The maximum Gasteiger partial charge on any atom is 0.123 e. The average molecular weight is 220 g/mol. The molecule has 0 spiro atoms. The Morgan fingerprint density at radius 3 is 2.94 bits per heavy atom. The van der Waals surface area contributed by atoms with Crippen molar-refractivity contribution in [2.75, 3.05) is 0 Å². The largest absolute Gasteiger partial charge is 0.490 e. The van der Waals surface area contributed by atoms with Gasteiger partial charge in [-0.2, -0.15) is 0 Å². The molecule has 16 heavy (non-hydrogen) atoms. The monoisotopic (exact) mass is 220 g/mol. The Labute approximate surface area is 97.3 Å². The number of benzene rings is 1. The highest BCUT2D eigenvalue weighted by Gasteiger charge is 2.22. The van der Waals surface area contributed by atoms with Crippen molar-refractivity contribution >= 4 is 0 Å². The number of aliphatic hydroxyl groups is 1. The molecule has 0 amide bonds. The topological polar surface area (TPSA) is 29.5 Å². The number of fused-ring (bicyclic) bond motifs is 1. The first-order valence-electron chi connectivity index (χ1n) is 6.22. The van der Waals surface area contributed by atoms with Gasteiger partial charge in [0.15, 0.2) is 0 Å². The highest BCUT2D eigenvalue weighted by atomic mass is 16.5. The van der Waals surface area contributed by atoms with Gasteiger partial charge in [0, 0.05) is 6.42 Å². The summed E-state index contributed by atoms with van der Waals surface area (Å²) in [5.74, 6) is 1.03. The van der Waals surface area contributed by atoms with Gasteiger partial charge in [-0.05, 0) is 30.9 Å². The van der Waals surface area contributed by atoms with Crippen LogP contribution in [-0.4, -0.2) is 17.3 Å². The number of rotatable bonds is 5. The van der Waals surface area contributed by atoms with Crippen molar-refractivity contribution in [3.8, 4) is 5.75 Å². The minimum atomic E-state index is -0.155. The first kappa shape index (κ1) is 11.5. The minimum absolute atomic E-state index is 0.155. The van der Waals surface area contributed by atoms with E-state index < -0.39 is 0 Å². The molecule has 0 aliphatic carbocycles. The van der Waals surface area contributed by atoms with Crippen LogP contribution in [0.3, 0.4) is 0 Å². The lowest BCUT2D eigenvalue weighted by Gasteiger charge is -2.13. The van der Waals surface area contributed by atoms with E-state index in [0.29, 0.717) is 0 Å². The van der Waals surface area contributed by atoms with Crippen LogP contribution in [0, 0.1) is 0 Å². The predicted octanol–water partition coefficient (Wildman–Crippen LogP) is 2.93. The van der Waals surface area contributed by atoms with Gasteiger partial charge in [-0.3, -0.25) is 0 Å². The third-order valence-electron chi connectivity index (χ3n) is 3.16. The number of aliphatic hydroxyl groups excluding tert-OH is 1. The third kappa shape index (κ3) is 2.76. The van der Waals surface area contributed by atoms with Crippen molar-refractivity contribution in [1.29, 1.82) is 0 Å². The predicted molar refractivity (Wildman–Crippen MR) is 64.7 cm³/mol. The van der Waals surface area contributed by atoms with E-state index in [0.717, 1.165) is 37.9 Å². The van der Waals surface area contributed by atoms with E-state index in [2.05, 4.69) is 19.1 Å². The van der Waals surface area contributed by atoms with Gasteiger partial charge < -0.3 is 9.84 Å². The molecule has 0 aromatic heterocycles. The number of hydrogen-bond donors (Lipinski definition) is 1. The van der Waals surface area contributed by atoms with E-state index >= 15 is 0 Å². The van der Waals surface area contributed by atoms with Crippen molar-refractivity contribution in [2.24, 2.45) is 0 Å². The molecule has 1 aromatic rings. The summed E-state index contributed by atoms with van der Waals surface area (Å²) in [4.78, 5) is 0. The molecule has 2 nitrogen and oxygen atoms in total. The Bertz CT molecular complexity index is 310. The van der Waals surface area contributed by atoms with E-state index in [1.807, 2.05) is 12.1 Å². The fourth-order valence-corrected chi connectivity index (χ4v) is 2.27. The molecule has 0 saturated heterocycles. The Hall–Kier alpha value is -1.02. The lowest BCUT2D eigenvalue weighted by Crippen LogP contribution is -2.16. The number of para-hydroxylation sites is 1. The Morgan fingerprint density at radius 1 is 1.38 bits per heavy atom. The maximum atomic E-state index is 9.67. The highest BCUT2D eigenvalue weighted by molar-refractivity contribution is 5.37. The Balaban J connectivity index is 1.79. The molecule has 1 aliphatic rings. The van der Waals surface area contributed by atoms with Crippen LogP contribution >= 0.6 is 0 Å². The van der Waals surface area contributed by atoms with Crippen LogP contribution in [0.5, 0.6) is 5.75 Å². The van der Waals surface area contributed by atoms with Crippen molar-refractivity contribution in [1.82, 2.24) is 0 Å². The first-order valence-corrected chi connectivity index (χ1v) is 6.22. The lowest BCUT2D eigenvalue weighted by atomic mass is 10.0. The summed E-state index contributed by atoms with van der Waals surface area (Å²) in [5, 5.41) is 9.67. The molecule has 2 rings (SSSR count). The third-order valence-corrected chi connectivity index (χ3v) is 3.16. The molecule has 2 atom stereocenters. The quantitative estimate of drug-likeness (QED) is 0.826. The summed E-state index contributed by atoms with van der Waals surface area (Å²) in [7, 11) is 0. The molecule has 0 saturated carbocycles. The zero-order chi connectivity index (χ0) is 11.4.